The van der Waals surface area contributed by atoms with Crippen molar-refractivity contribution in [2.24, 2.45) is 0 Å². The van der Waals surface area contributed by atoms with Crippen LogP contribution in [-0.4, -0.2) is 22.4 Å². The molecule has 0 amide bonds. The van der Waals surface area contributed by atoms with E-state index in [1.807, 2.05) is 122 Å². The molecule has 316 valence electrons. The van der Waals surface area contributed by atoms with E-state index >= 15 is 0 Å². The Morgan fingerprint density at radius 2 is 0.700 bits per heavy atom. The molecule has 0 aliphatic rings. The first kappa shape index (κ1) is 53.6. The number of thioether (sulfide) groups is 2. The Kier molecular flexibility index (Phi) is 24.6. The smallest absolute Gasteiger partial charge is 0.286 e. The van der Waals surface area contributed by atoms with Crippen molar-refractivity contribution < 1.29 is 99.4 Å². The Bertz CT molecular complexity index is 2470. The van der Waals surface area contributed by atoms with Crippen LogP contribution in [0, 0.1) is 67.6 Å². The molecule has 4 N–H and O–H groups in total. The van der Waals surface area contributed by atoms with Gasteiger partial charge in [0.05, 0.1) is 21.0 Å². The van der Waals surface area contributed by atoms with Crippen LogP contribution < -0.4 is 11.5 Å². The molecule has 0 spiro atoms. The monoisotopic (exact) mass is 1560 g/mol. The molecule has 0 aliphatic heterocycles. The first-order valence-electron chi connectivity index (χ1n) is 16.8. The Labute approximate surface area is 420 Å². The van der Waals surface area contributed by atoms with Crippen molar-refractivity contribution in [1.29, 1.82) is 0 Å². The van der Waals surface area contributed by atoms with Gasteiger partial charge in [0.15, 0.2) is 0 Å². The van der Waals surface area contributed by atoms with Gasteiger partial charge in [0.2, 0.25) is 0 Å². The van der Waals surface area contributed by atoms with Crippen molar-refractivity contribution in [2.75, 3.05) is 24.0 Å². The fourth-order valence-electron chi connectivity index (χ4n) is 4.88. The van der Waals surface area contributed by atoms with Gasteiger partial charge in [-0.25, -0.2) is 0 Å². The summed E-state index contributed by atoms with van der Waals surface area (Å²) in [5.74, 6) is 23.4. The minimum absolute atomic E-state index is 0. The molecule has 60 heavy (non-hydrogen) atoms. The largest absolute Gasteiger partial charge is 0.398 e. The number of benzene rings is 6. The molecule has 4 radical (unpaired) electrons. The number of rotatable bonds is 4. The Balaban J connectivity index is 0.000000562. The maximum atomic E-state index is 11.5. The molecule has 0 aliphatic carbocycles. The second-order valence-electron chi connectivity index (χ2n) is 11.6. The summed E-state index contributed by atoms with van der Waals surface area (Å²) >= 11 is 3.30. The van der Waals surface area contributed by atoms with Gasteiger partial charge in [-0.15, -0.1) is 23.5 Å². The topological polar surface area (TPSA) is 138 Å². The Hall–Kier alpha value is -4.38. The van der Waals surface area contributed by atoms with E-state index in [9.17, 15) is 20.2 Å². The summed E-state index contributed by atoms with van der Waals surface area (Å²) in [4.78, 5) is 24.3. The van der Waals surface area contributed by atoms with Crippen molar-refractivity contribution in [2.45, 2.75) is 9.79 Å². The quantitative estimate of drug-likeness (QED) is 0.0445. The molecule has 8 nitrogen and oxygen atoms in total. The average molecular weight is 1560 g/mol. The summed E-state index contributed by atoms with van der Waals surface area (Å²) in [6.45, 7) is 0. The van der Waals surface area contributed by atoms with Crippen LogP contribution in [-0.2, 0) is 89.5 Å². The van der Waals surface area contributed by atoms with Crippen LogP contribution in [0.4, 0.5) is 22.7 Å². The van der Waals surface area contributed by atoms with E-state index < -0.39 is 9.85 Å². The molecule has 0 fully saturated rings. The number of nitro benzene ring substituents is 2. The molecular weight excluding hydrogens is 1520 g/mol. The summed E-state index contributed by atoms with van der Waals surface area (Å²) in [5.41, 5.74) is 17.2. The molecule has 0 unspecified atom stereocenters. The van der Waals surface area contributed by atoms with Crippen molar-refractivity contribution in [3.63, 3.8) is 0 Å². The number of hydrogen-bond acceptors (Lipinski definition) is 8. The third kappa shape index (κ3) is 16.2. The van der Waals surface area contributed by atoms with Crippen molar-refractivity contribution >= 4 is 46.3 Å². The number of nitrogens with zero attached hydrogens (tertiary/aromatic N) is 2. The molecule has 0 saturated carbocycles. The van der Waals surface area contributed by atoms with Gasteiger partial charge < -0.3 is 11.5 Å². The zero-order valence-corrected chi connectivity index (χ0v) is 41.7. The molecule has 0 atom stereocenters. The average Bonchev–Trinajstić information content (AvgIpc) is 3.22. The number of nitro groups is 2. The van der Waals surface area contributed by atoms with E-state index in [2.05, 4.69) is 47.4 Å². The number of nitrogens with two attached hydrogens (primary N) is 2. The predicted molar refractivity (Wildman–Crippen MR) is 228 cm³/mol. The Morgan fingerprint density at radius 3 is 0.983 bits per heavy atom. The molecule has 6 aromatic carbocycles. The van der Waals surface area contributed by atoms with E-state index in [-0.39, 0.29) is 112 Å². The zero-order valence-electron chi connectivity index (χ0n) is 31.4. The third-order valence-electron chi connectivity index (χ3n) is 7.82. The first-order valence-corrected chi connectivity index (χ1v) is 19.2. The molecule has 14 heteroatoms. The zero-order chi connectivity index (χ0) is 39.9. The van der Waals surface area contributed by atoms with Crippen LogP contribution in [0.25, 0.3) is 0 Å². The second-order valence-corrected chi connectivity index (χ2v) is 13.4. The van der Waals surface area contributed by atoms with Crippen LogP contribution in [0.3, 0.4) is 0 Å². The van der Waals surface area contributed by atoms with Gasteiger partial charge in [0.1, 0.15) is 11.1 Å². The van der Waals surface area contributed by atoms with Crippen molar-refractivity contribution in [3.05, 3.63) is 198 Å². The molecule has 6 aromatic rings. The maximum absolute atomic E-state index is 11.5. The van der Waals surface area contributed by atoms with Crippen LogP contribution in [0.1, 0.15) is 44.5 Å². The van der Waals surface area contributed by atoms with Crippen LogP contribution >= 0.6 is 23.5 Å². The summed E-state index contributed by atoms with van der Waals surface area (Å²) in [6.07, 6.45) is 4.01. The first-order chi connectivity index (χ1) is 27.1. The molecular formula is C46H32Au4N4O4S2. The van der Waals surface area contributed by atoms with E-state index in [4.69, 9.17) is 11.5 Å². The van der Waals surface area contributed by atoms with Crippen molar-refractivity contribution in [3.8, 4) is 47.4 Å². The van der Waals surface area contributed by atoms with Gasteiger partial charge in [0, 0.05) is 145 Å². The third-order valence-corrected chi connectivity index (χ3v) is 9.31. The van der Waals surface area contributed by atoms with Gasteiger partial charge in [-0.1, -0.05) is 83.8 Å². The van der Waals surface area contributed by atoms with E-state index in [1.54, 1.807) is 23.5 Å². The van der Waals surface area contributed by atoms with Crippen LogP contribution in [0.15, 0.2) is 143 Å². The van der Waals surface area contributed by atoms with Gasteiger partial charge in [-0.05, 0) is 97.4 Å². The fourth-order valence-corrected chi connectivity index (χ4v) is 5.70. The van der Waals surface area contributed by atoms with Crippen molar-refractivity contribution in [1.82, 2.24) is 0 Å². The standard InChI is InChI=1S/2C23H16N2O2S.4Au/c2*1-28-21-13-9-18(10-14-21)7-11-19-16-23(25(26)27)20(15-22(19)24)12-8-17-5-3-2-4-6-17;;;;/h2*2-6,9-10,13-16H,24H2,1H3;;;;. The van der Waals surface area contributed by atoms with E-state index in [0.717, 1.165) is 32.0 Å². The minimum atomic E-state index is -0.465. The normalized spacial score (nSPS) is 8.97. The predicted octanol–water partition coefficient (Wildman–Crippen LogP) is 9.39. The molecule has 0 heterocycles. The van der Waals surface area contributed by atoms with Crippen LogP contribution in [0.2, 0.25) is 0 Å². The summed E-state index contributed by atoms with van der Waals surface area (Å²) in [7, 11) is 0. The van der Waals surface area contributed by atoms with Gasteiger partial charge >= 0.3 is 0 Å². The van der Waals surface area contributed by atoms with Gasteiger partial charge in [0.25, 0.3) is 11.4 Å². The summed E-state index contributed by atoms with van der Waals surface area (Å²) < 4.78 is 0. The van der Waals surface area contributed by atoms with E-state index in [0.29, 0.717) is 22.5 Å². The minimum Gasteiger partial charge on any atom is -0.398 e. The van der Waals surface area contributed by atoms with Gasteiger partial charge in [-0.2, -0.15) is 0 Å². The molecule has 0 bridgehead atoms. The van der Waals surface area contributed by atoms with Gasteiger partial charge in [-0.3, -0.25) is 20.2 Å². The number of hydrogen-bond donors (Lipinski definition) is 2. The van der Waals surface area contributed by atoms with E-state index in [1.165, 1.54) is 24.3 Å². The SMILES string of the molecule is CSc1ccc(C#Cc2cc([N+](=O)[O-])c(C#Cc3ccccc3)cc2N)cc1.CSc1ccc(C#Cc2cc([N+](=O)[O-])c(C#Cc3ccccc3)cc2N)cc1.[Au].[Au].[Au].[Au]. The number of nitrogen functional groups attached to an aromatic ring is 2. The second kappa shape index (κ2) is 27.5. The molecule has 6 rings (SSSR count). The fraction of sp³-hybridized carbons (Fsp3) is 0.0435. The molecule has 0 saturated heterocycles. The maximum Gasteiger partial charge on any atom is 0.286 e. The Morgan fingerprint density at radius 1 is 0.417 bits per heavy atom. The number of anilines is 2. The van der Waals surface area contributed by atoms with Crippen LogP contribution in [0.5, 0.6) is 0 Å². The summed E-state index contributed by atoms with van der Waals surface area (Å²) in [6, 6.07) is 39.9. The molecule has 0 aromatic heterocycles. The summed E-state index contributed by atoms with van der Waals surface area (Å²) in [5, 5.41) is 23.0.